The van der Waals surface area contributed by atoms with Gasteiger partial charge in [0.25, 0.3) is 8.32 Å². The van der Waals surface area contributed by atoms with E-state index in [1.54, 1.807) is 17.8 Å². The van der Waals surface area contributed by atoms with Crippen LogP contribution in [0.1, 0.15) is 227 Å². The second-order valence-corrected chi connectivity index (χ2v) is 25.3. The quantitative estimate of drug-likeness (QED) is 0.0315. The second kappa shape index (κ2) is 34.0. The number of ether oxygens (including phenoxy) is 1. The number of carbonyl (C=O) groups excluding carboxylic acids is 1. The number of unbranched alkanes of at least 4 members (excludes halogenated alkanes) is 26. The Balaban J connectivity index is 1.33. The summed E-state index contributed by atoms with van der Waals surface area (Å²) in [7, 11) is -2.75. The zero-order valence-corrected chi connectivity index (χ0v) is 42.6. The molecule has 0 saturated carbocycles. The number of thioether (sulfide) groups is 1. The van der Waals surface area contributed by atoms with Gasteiger partial charge in [0.05, 0.1) is 0 Å². The largest absolute Gasteiger partial charge is 0.459 e. The highest BCUT2D eigenvalue weighted by molar-refractivity contribution is 8.03. The van der Waals surface area contributed by atoms with Gasteiger partial charge in [0.2, 0.25) is 0 Å². The van der Waals surface area contributed by atoms with E-state index in [1.165, 1.54) is 177 Å². The summed E-state index contributed by atoms with van der Waals surface area (Å²) < 4.78 is 13.7. The third kappa shape index (κ3) is 22.8. The molecule has 1 aliphatic heterocycles. The van der Waals surface area contributed by atoms with E-state index in [9.17, 15) is 4.79 Å². The third-order valence-electron chi connectivity index (χ3n) is 13.0. The molecule has 0 amide bonds. The van der Waals surface area contributed by atoms with Crippen molar-refractivity contribution in [2.75, 3.05) is 11.5 Å². The smallest absolute Gasteiger partial charge is 0.331 e. The van der Waals surface area contributed by atoms with Gasteiger partial charge in [-0.15, -0.1) is 11.8 Å². The minimum Gasteiger partial charge on any atom is -0.459 e. The summed E-state index contributed by atoms with van der Waals surface area (Å²) in [6.07, 6.45) is 43.2. The van der Waals surface area contributed by atoms with Crippen molar-refractivity contribution in [2.24, 2.45) is 0 Å². The molecule has 1 aliphatic rings. The van der Waals surface area contributed by atoms with E-state index in [4.69, 9.17) is 9.16 Å². The molecule has 0 spiro atoms. The van der Waals surface area contributed by atoms with Crippen molar-refractivity contribution in [2.45, 2.75) is 244 Å². The average molecular weight is 894 g/mol. The van der Waals surface area contributed by atoms with Crippen LogP contribution in [0.2, 0.25) is 5.04 Å². The Labute approximate surface area is 388 Å². The molecule has 0 unspecified atom stereocenters. The van der Waals surface area contributed by atoms with Crippen LogP contribution in [0.25, 0.3) is 0 Å². The molecule has 3 nitrogen and oxygen atoms in total. The summed E-state index contributed by atoms with van der Waals surface area (Å²) in [5.41, 5.74) is 0. The number of cyclic esters (lactones) is 1. The average Bonchev–Trinajstić information content (AvgIpc) is 3.25. The highest BCUT2D eigenvalue weighted by Crippen LogP contribution is 2.39. The van der Waals surface area contributed by atoms with E-state index in [-0.39, 0.29) is 23.2 Å². The van der Waals surface area contributed by atoms with Gasteiger partial charge in [0, 0.05) is 25.0 Å². The van der Waals surface area contributed by atoms with Gasteiger partial charge >= 0.3 is 5.97 Å². The SMILES string of the molecule is CCCCCCCCCCCCCCCCCCCCCCCCCCCCC[C@H](C[C@@H]1CC(SCCCS)=CC(=O)O1)O[Si](c1ccccc1)(c1ccccc1)C(C)(C)C. The maximum Gasteiger partial charge on any atom is 0.331 e. The second-order valence-electron chi connectivity index (χ2n) is 19.4. The van der Waals surface area contributed by atoms with Crippen molar-refractivity contribution in [3.8, 4) is 0 Å². The lowest BCUT2D eigenvalue weighted by molar-refractivity contribution is -0.145. The summed E-state index contributed by atoms with van der Waals surface area (Å²) in [5, 5.41) is 2.51. The number of thiol groups is 1. The Bertz CT molecular complexity index is 1340. The summed E-state index contributed by atoms with van der Waals surface area (Å²) >= 11 is 6.19. The maximum atomic E-state index is 12.8. The van der Waals surface area contributed by atoms with Gasteiger partial charge < -0.3 is 9.16 Å². The summed E-state index contributed by atoms with van der Waals surface area (Å²) in [4.78, 5) is 14.0. The first-order valence-corrected chi connectivity index (χ1v) is 29.3. The molecule has 2 atom stereocenters. The van der Waals surface area contributed by atoms with Crippen LogP contribution in [0.15, 0.2) is 71.6 Å². The van der Waals surface area contributed by atoms with Gasteiger partial charge in [-0.2, -0.15) is 12.6 Å². The van der Waals surface area contributed by atoms with E-state index >= 15 is 0 Å². The minimum absolute atomic E-state index is 0.00473. The number of hydrogen-bond donors (Lipinski definition) is 1. The van der Waals surface area contributed by atoms with Gasteiger partial charge in [-0.25, -0.2) is 4.79 Å². The van der Waals surface area contributed by atoms with Crippen LogP contribution in [0.4, 0.5) is 0 Å². The van der Waals surface area contributed by atoms with Gasteiger partial charge in [-0.05, 0) is 44.7 Å². The first-order valence-electron chi connectivity index (χ1n) is 25.7. The Kier molecular flexibility index (Phi) is 30.0. The normalized spacial score (nSPS) is 15.2. The Hall–Kier alpha value is -1.47. The van der Waals surface area contributed by atoms with E-state index in [0.29, 0.717) is 0 Å². The lowest BCUT2D eigenvalue weighted by atomic mass is 10.0. The summed E-state index contributed by atoms with van der Waals surface area (Å²) in [5.74, 6) is 1.64. The lowest BCUT2D eigenvalue weighted by Crippen LogP contribution is -2.67. The van der Waals surface area contributed by atoms with Crippen LogP contribution in [-0.2, 0) is 14.0 Å². The fraction of sp³-hybridized carbons (Fsp3) is 0.727. The first-order chi connectivity index (χ1) is 29.8. The zero-order chi connectivity index (χ0) is 43.7. The minimum atomic E-state index is -2.75. The number of hydrogen-bond acceptors (Lipinski definition) is 5. The Morgan fingerprint density at radius 1 is 0.623 bits per heavy atom. The van der Waals surface area contributed by atoms with Crippen LogP contribution in [0, 0.1) is 0 Å². The molecule has 6 heteroatoms. The summed E-state index contributed by atoms with van der Waals surface area (Å²) in [6.45, 7) is 9.38. The molecule has 0 saturated heterocycles. The first kappa shape index (κ1) is 53.9. The molecule has 346 valence electrons. The molecule has 0 fully saturated rings. The molecule has 0 bridgehead atoms. The van der Waals surface area contributed by atoms with Crippen LogP contribution in [-0.4, -0.2) is 38.0 Å². The molecular weight excluding hydrogens is 801 g/mol. The predicted molar refractivity (Wildman–Crippen MR) is 276 cm³/mol. The number of rotatable bonds is 38. The molecule has 1 heterocycles. The Morgan fingerprint density at radius 3 is 1.39 bits per heavy atom. The highest BCUT2D eigenvalue weighted by Gasteiger charge is 2.51. The van der Waals surface area contributed by atoms with Crippen LogP contribution >= 0.6 is 24.4 Å². The summed E-state index contributed by atoms with van der Waals surface area (Å²) in [6, 6.07) is 22.0. The molecule has 3 rings (SSSR count). The van der Waals surface area contributed by atoms with Gasteiger partial charge in [0.1, 0.15) is 6.10 Å². The number of benzene rings is 2. The zero-order valence-electron chi connectivity index (χ0n) is 39.9. The van der Waals surface area contributed by atoms with Crippen LogP contribution in [0.3, 0.4) is 0 Å². The van der Waals surface area contributed by atoms with Gasteiger partial charge in [-0.1, -0.05) is 262 Å². The molecule has 0 aliphatic carbocycles. The topological polar surface area (TPSA) is 35.5 Å². The van der Waals surface area contributed by atoms with Crippen molar-refractivity contribution in [1.82, 2.24) is 0 Å². The Morgan fingerprint density at radius 2 is 1.02 bits per heavy atom. The molecule has 2 aromatic carbocycles. The standard InChI is InChI=1S/C55H92O3S2Si/c1-5-6-7-8-9-10-11-12-13-14-15-16-17-18-19-20-21-22-23-24-25-26-27-28-29-30-33-39-49(46-50-47-51(48-54(56)57-50)60-45-38-44-59)58-61(55(2,3)4,52-40-34-31-35-41-52)53-42-36-32-37-43-53/h31-32,34-37,40-43,48-50,59H,5-30,33,38-39,44-47H2,1-4H3/t49-,50-/m1/s1. The maximum absolute atomic E-state index is 12.8. The molecule has 0 aromatic heterocycles. The molecule has 61 heavy (non-hydrogen) atoms. The predicted octanol–water partition coefficient (Wildman–Crippen LogP) is 16.5. The van der Waals surface area contributed by atoms with Crippen molar-refractivity contribution < 1.29 is 14.0 Å². The monoisotopic (exact) mass is 893 g/mol. The highest BCUT2D eigenvalue weighted by atomic mass is 32.2. The molecule has 0 radical (unpaired) electrons. The number of carbonyl (C=O) groups is 1. The van der Waals surface area contributed by atoms with E-state index < -0.39 is 8.32 Å². The van der Waals surface area contributed by atoms with Crippen molar-refractivity contribution in [3.05, 3.63) is 71.6 Å². The van der Waals surface area contributed by atoms with Crippen molar-refractivity contribution in [1.29, 1.82) is 0 Å². The van der Waals surface area contributed by atoms with Crippen molar-refractivity contribution in [3.63, 3.8) is 0 Å². The van der Waals surface area contributed by atoms with Crippen LogP contribution in [0.5, 0.6) is 0 Å². The van der Waals surface area contributed by atoms with Gasteiger partial charge in [-0.3, -0.25) is 0 Å². The molecular formula is C55H92O3S2Si. The van der Waals surface area contributed by atoms with Gasteiger partial charge in [0.15, 0.2) is 0 Å². The molecule has 2 aromatic rings. The number of esters is 1. The molecule has 0 N–H and O–H groups in total. The lowest BCUT2D eigenvalue weighted by Gasteiger charge is -2.45. The fourth-order valence-corrected chi connectivity index (χ4v) is 15.6. The third-order valence-corrected chi connectivity index (χ3v) is 19.6. The van der Waals surface area contributed by atoms with E-state index in [0.717, 1.165) is 48.5 Å². The van der Waals surface area contributed by atoms with E-state index in [1.807, 2.05) is 0 Å². The fourth-order valence-electron chi connectivity index (χ4n) is 9.48. The van der Waals surface area contributed by atoms with Crippen LogP contribution < -0.4 is 10.4 Å². The van der Waals surface area contributed by atoms with Crippen molar-refractivity contribution >= 4 is 49.1 Å². The van der Waals surface area contributed by atoms with E-state index in [2.05, 4.69) is 101 Å².